The summed E-state index contributed by atoms with van der Waals surface area (Å²) in [5, 5.41) is 3.38. The summed E-state index contributed by atoms with van der Waals surface area (Å²) in [6.07, 6.45) is 8.02. The lowest BCUT2D eigenvalue weighted by atomic mass is 9.98. The molecule has 1 N–H and O–H groups in total. The molecule has 1 unspecified atom stereocenters. The van der Waals surface area contributed by atoms with Gasteiger partial charge in [0.05, 0.1) is 10.2 Å². The van der Waals surface area contributed by atoms with Gasteiger partial charge in [0.1, 0.15) is 12.1 Å². The van der Waals surface area contributed by atoms with Gasteiger partial charge in [-0.15, -0.1) is 11.3 Å². The number of hydrogen-bond donors (Lipinski definition) is 1. The summed E-state index contributed by atoms with van der Waals surface area (Å²) in [6, 6.07) is 0.592. The van der Waals surface area contributed by atoms with Gasteiger partial charge in [-0.25, -0.2) is 9.97 Å². The second-order valence-corrected chi connectivity index (χ2v) is 6.91. The van der Waals surface area contributed by atoms with Gasteiger partial charge in [-0.2, -0.15) is 0 Å². The predicted octanol–water partition coefficient (Wildman–Crippen LogP) is 2.37. The zero-order valence-electron chi connectivity index (χ0n) is 11.9. The highest BCUT2D eigenvalue weighted by Gasteiger charge is 2.26. The number of nitrogens with zero attached hydrogens (tertiary/aromatic N) is 3. The average Bonchev–Trinajstić information content (AvgIpc) is 3.11. The molecule has 0 bridgehead atoms. The maximum Gasteiger partial charge on any atom is 0.150 e. The Morgan fingerprint density at radius 3 is 3.05 bits per heavy atom. The molecule has 1 atom stereocenters. The first-order valence-corrected chi connectivity index (χ1v) is 8.36. The molecule has 0 aromatic carbocycles. The van der Waals surface area contributed by atoms with Crippen LogP contribution in [0, 0.1) is 0 Å². The minimum atomic E-state index is 0.592. The molecule has 2 aromatic rings. The van der Waals surface area contributed by atoms with Crippen LogP contribution in [-0.2, 0) is 12.8 Å². The second-order valence-electron chi connectivity index (χ2n) is 5.81. The van der Waals surface area contributed by atoms with Crippen molar-refractivity contribution >= 4 is 27.4 Å². The van der Waals surface area contributed by atoms with Gasteiger partial charge in [-0.1, -0.05) is 0 Å². The summed E-state index contributed by atoms with van der Waals surface area (Å²) in [5.41, 5.74) is 2.73. The first-order chi connectivity index (χ1) is 9.86. The van der Waals surface area contributed by atoms with Crippen molar-refractivity contribution in [3.63, 3.8) is 0 Å². The highest BCUT2D eigenvalue weighted by Crippen LogP contribution is 2.39. The van der Waals surface area contributed by atoms with Gasteiger partial charge in [0.2, 0.25) is 0 Å². The van der Waals surface area contributed by atoms with E-state index in [0.717, 1.165) is 18.9 Å². The van der Waals surface area contributed by atoms with Crippen LogP contribution in [0.5, 0.6) is 0 Å². The Morgan fingerprint density at radius 2 is 2.20 bits per heavy atom. The maximum absolute atomic E-state index is 4.60. The zero-order valence-corrected chi connectivity index (χ0v) is 12.7. The average molecular weight is 288 g/mol. The molecule has 0 spiro atoms. The van der Waals surface area contributed by atoms with E-state index in [2.05, 4.69) is 20.2 Å². The normalized spacial score (nSPS) is 22.4. The topological polar surface area (TPSA) is 41.0 Å². The molecule has 3 heterocycles. The van der Waals surface area contributed by atoms with E-state index in [1.54, 1.807) is 11.2 Å². The first-order valence-electron chi connectivity index (χ1n) is 7.54. The Labute approximate surface area is 123 Å². The number of hydrogen-bond acceptors (Lipinski definition) is 5. The van der Waals surface area contributed by atoms with Crippen molar-refractivity contribution in [3.05, 3.63) is 16.8 Å². The number of aryl methyl sites for hydroxylation is 2. The molecule has 2 aromatic heterocycles. The van der Waals surface area contributed by atoms with Crippen molar-refractivity contribution in [2.75, 3.05) is 25.0 Å². The molecule has 1 fully saturated rings. The summed E-state index contributed by atoms with van der Waals surface area (Å²) in [4.78, 5) is 13.2. The number of likely N-dealkylation sites (N-methyl/N-ethyl adjacent to an activating group) is 1. The highest BCUT2D eigenvalue weighted by atomic mass is 32.1. The van der Waals surface area contributed by atoms with Crippen molar-refractivity contribution in [2.24, 2.45) is 0 Å². The molecule has 0 radical (unpaired) electrons. The maximum atomic E-state index is 4.60. The van der Waals surface area contributed by atoms with Crippen LogP contribution in [-0.4, -0.2) is 36.1 Å². The molecule has 2 aliphatic rings. The van der Waals surface area contributed by atoms with Crippen LogP contribution in [0.1, 0.15) is 29.7 Å². The molecule has 1 saturated heterocycles. The summed E-state index contributed by atoms with van der Waals surface area (Å²) in [5.74, 6) is 1.16. The van der Waals surface area contributed by atoms with E-state index in [-0.39, 0.29) is 0 Å². The highest BCUT2D eigenvalue weighted by molar-refractivity contribution is 7.19. The van der Waals surface area contributed by atoms with E-state index in [1.807, 2.05) is 18.4 Å². The van der Waals surface area contributed by atoms with Crippen molar-refractivity contribution in [2.45, 2.75) is 38.1 Å². The SMILES string of the molecule is CNC1CCN(c2ncnc3c4c(sc23)CCCC4)C1. The van der Waals surface area contributed by atoms with Gasteiger partial charge >= 0.3 is 0 Å². The van der Waals surface area contributed by atoms with E-state index < -0.39 is 0 Å². The standard InChI is InChI=1S/C15H20N4S/c1-16-10-6-7-19(8-10)15-14-13(17-9-18-15)11-4-2-3-5-12(11)20-14/h9-10,16H,2-8H2,1H3. The lowest BCUT2D eigenvalue weighted by Crippen LogP contribution is -2.29. The molecule has 0 amide bonds. The number of anilines is 1. The van der Waals surface area contributed by atoms with Gasteiger partial charge in [-0.05, 0) is 44.7 Å². The zero-order chi connectivity index (χ0) is 13.5. The van der Waals surface area contributed by atoms with Crippen LogP contribution >= 0.6 is 11.3 Å². The number of thiophene rings is 1. The lowest BCUT2D eigenvalue weighted by Gasteiger charge is -2.17. The molecular weight excluding hydrogens is 268 g/mol. The van der Waals surface area contributed by atoms with Crippen molar-refractivity contribution < 1.29 is 0 Å². The molecule has 106 valence electrons. The molecule has 4 nitrogen and oxygen atoms in total. The Hall–Kier alpha value is -1.20. The van der Waals surface area contributed by atoms with Crippen molar-refractivity contribution in [1.29, 1.82) is 0 Å². The predicted molar refractivity (Wildman–Crippen MR) is 83.7 cm³/mol. The molecule has 0 saturated carbocycles. The molecule has 5 heteroatoms. The summed E-state index contributed by atoms with van der Waals surface area (Å²) >= 11 is 1.93. The van der Waals surface area contributed by atoms with Crippen LogP contribution in [0.15, 0.2) is 6.33 Å². The third-order valence-corrected chi connectivity index (χ3v) is 5.89. The van der Waals surface area contributed by atoms with Gasteiger partial charge < -0.3 is 10.2 Å². The van der Waals surface area contributed by atoms with Crippen LogP contribution in [0.2, 0.25) is 0 Å². The quantitative estimate of drug-likeness (QED) is 0.921. The molecule has 20 heavy (non-hydrogen) atoms. The second kappa shape index (κ2) is 4.97. The van der Waals surface area contributed by atoms with E-state index in [0.29, 0.717) is 6.04 Å². The Kier molecular flexibility index (Phi) is 3.11. The number of fused-ring (bicyclic) bond motifs is 3. The fraction of sp³-hybridized carbons (Fsp3) is 0.600. The van der Waals surface area contributed by atoms with Gasteiger partial charge in [-0.3, -0.25) is 0 Å². The third kappa shape index (κ3) is 1.91. The molecule has 4 rings (SSSR count). The summed E-state index contributed by atoms with van der Waals surface area (Å²) < 4.78 is 1.32. The van der Waals surface area contributed by atoms with E-state index in [4.69, 9.17) is 0 Å². The largest absolute Gasteiger partial charge is 0.354 e. The lowest BCUT2D eigenvalue weighted by molar-refractivity contribution is 0.616. The van der Waals surface area contributed by atoms with Crippen LogP contribution < -0.4 is 10.2 Å². The van der Waals surface area contributed by atoms with E-state index in [1.165, 1.54) is 47.9 Å². The molecule has 1 aliphatic carbocycles. The smallest absolute Gasteiger partial charge is 0.150 e. The monoisotopic (exact) mass is 288 g/mol. The van der Waals surface area contributed by atoms with E-state index in [9.17, 15) is 0 Å². The van der Waals surface area contributed by atoms with Gasteiger partial charge in [0, 0.05) is 24.0 Å². The van der Waals surface area contributed by atoms with Gasteiger partial charge in [0.15, 0.2) is 0 Å². The van der Waals surface area contributed by atoms with Crippen LogP contribution in [0.25, 0.3) is 10.2 Å². The molecular formula is C15H20N4S. The Bertz CT molecular complexity index is 636. The van der Waals surface area contributed by atoms with Gasteiger partial charge in [0.25, 0.3) is 0 Å². The Morgan fingerprint density at radius 1 is 1.30 bits per heavy atom. The minimum Gasteiger partial charge on any atom is -0.354 e. The molecule has 1 aliphatic heterocycles. The summed E-state index contributed by atoms with van der Waals surface area (Å²) in [6.45, 7) is 2.16. The van der Waals surface area contributed by atoms with Crippen molar-refractivity contribution in [3.8, 4) is 0 Å². The number of aromatic nitrogens is 2. The van der Waals surface area contributed by atoms with E-state index >= 15 is 0 Å². The summed E-state index contributed by atoms with van der Waals surface area (Å²) in [7, 11) is 2.05. The Balaban J connectivity index is 1.78. The minimum absolute atomic E-state index is 0.592. The number of rotatable bonds is 2. The fourth-order valence-electron chi connectivity index (χ4n) is 3.45. The van der Waals surface area contributed by atoms with Crippen LogP contribution in [0.4, 0.5) is 5.82 Å². The first kappa shape index (κ1) is 12.5. The number of nitrogens with one attached hydrogen (secondary N) is 1. The third-order valence-electron chi connectivity index (χ3n) is 4.61. The van der Waals surface area contributed by atoms with Crippen LogP contribution in [0.3, 0.4) is 0 Å². The van der Waals surface area contributed by atoms with Crippen molar-refractivity contribution in [1.82, 2.24) is 15.3 Å². The fourth-order valence-corrected chi connectivity index (χ4v) is 4.81.